The van der Waals surface area contributed by atoms with E-state index in [1.54, 1.807) is 0 Å². The van der Waals surface area contributed by atoms with Crippen LogP contribution in [0.5, 0.6) is 0 Å². The Kier molecular flexibility index (Phi) is 5.10. The molecule has 0 spiro atoms. The number of hydrogen-bond donors (Lipinski definition) is 2. The Bertz CT molecular complexity index is 904. The summed E-state index contributed by atoms with van der Waals surface area (Å²) in [6.45, 7) is 9.07. The van der Waals surface area contributed by atoms with Crippen LogP contribution in [-0.2, 0) is 4.74 Å². The fourth-order valence-corrected chi connectivity index (χ4v) is 3.96. The molecule has 8 heteroatoms. The number of nitrogens with two attached hydrogens (primary N) is 1. The van der Waals surface area contributed by atoms with E-state index in [2.05, 4.69) is 15.1 Å². The van der Waals surface area contributed by atoms with Crippen molar-refractivity contribution in [1.29, 1.82) is 0 Å². The molecule has 8 nitrogen and oxygen atoms in total. The molecule has 0 radical (unpaired) electrons. The standard InChI is InChI=1S/C21H30N6O2/c1-21(2,3)29-20(28)23-15-8-11-27(13-15)18-16-7-6-14(22)12-17(16)24-19(25-18)26-9-4-5-10-26/h6-7,12,15H,4-5,8-11,13,22H2,1-3H3,(H,23,28)/t15-/m1/s1. The van der Waals surface area contributed by atoms with Crippen LogP contribution in [0.15, 0.2) is 18.2 Å². The van der Waals surface area contributed by atoms with Crippen molar-refractivity contribution in [2.75, 3.05) is 41.7 Å². The van der Waals surface area contributed by atoms with Crippen LogP contribution < -0.4 is 20.9 Å². The highest BCUT2D eigenvalue weighted by atomic mass is 16.6. The second kappa shape index (κ2) is 7.57. The third-order valence-corrected chi connectivity index (χ3v) is 5.29. The number of nitrogens with zero attached hydrogens (tertiary/aromatic N) is 4. The highest BCUT2D eigenvalue weighted by Gasteiger charge is 2.29. The minimum atomic E-state index is -0.504. The van der Waals surface area contributed by atoms with Gasteiger partial charge in [-0.2, -0.15) is 4.98 Å². The molecule has 29 heavy (non-hydrogen) atoms. The molecule has 0 bridgehead atoms. The summed E-state index contributed by atoms with van der Waals surface area (Å²) in [6.07, 6.45) is 2.81. The highest BCUT2D eigenvalue weighted by molar-refractivity contribution is 5.92. The van der Waals surface area contributed by atoms with Gasteiger partial charge >= 0.3 is 6.09 Å². The van der Waals surface area contributed by atoms with Gasteiger partial charge in [0.05, 0.1) is 11.6 Å². The fourth-order valence-electron chi connectivity index (χ4n) is 3.96. The maximum Gasteiger partial charge on any atom is 0.407 e. The number of alkyl carbamates (subject to hydrolysis) is 1. The molecule has 2 aliphatic heterocycles. The second-order valence-electron chi connectivity index (χ2n) is 8.90. The number of aromatic nitrogens is 2. The predicted octanol–water partition coefficient (Wildman–Crippen LogP) is 2.92. The average Bonchev–Trinajstić information content (AvgIpc) is 3.30. The van der Waals surface area contributed by atoms with E-state index in [-0.39, 0.29) is 12.1 Å². The molecule has 1 amide bonds. The van der Waals surface area contributed by atoms with Gasteiger partial charge in [0, 0.05) is 37.3 Å². The molecule has 2 aromatic rings. The second-order valence-corrected chi connectivity index (χ2v) is 8.90. The normalized spacial score (nSPS) is 19.8. The van der Waals surface area contributed by atoms with Gasteiger partial charge in [0.1, 0.15) is 11.4 Å². The van der Waals surface area contributed by atoms with Crippen LogP contribution >= 0.6 is 0 Å². The number of hydrogen-bond acceptors (Lipinski definition) is 7. The monoisotopic (exact) mass is 398 g/mol. The average molecular weight is 399 g/mol. The third-order valence-electron chi connectivity index (χ3n) is 5.29. The lowest BCUT2D eigenvalue weighted by atomic mass is 10.2. The van der Waals surface area contributed by atoms with Gasteiger partial charge in [-0.1, -0.05) is 0 Å². The number of rotatable bonds is 3. The van der Waals surface area contributed by atoms with Gasteiger partial charge in [-0.25, -0.2) is 9.78 Å². The first-order valence-electron chi connectivity index (χ1n) is 10.4. The SMILES string of the molecule is CC(C)(C)OC(=O)N[C@@H]1CCN(c2nc(N3CCCC3)nc3cc(N)ccc23)C1. The van der Waals surface area contributed by atoms with Gasteiger partial charge in [-0.3, -0.25) is 0 Å². The zero-order valence-electron chi connectivity index (χ0n) is 17.4. The number of nitrogens with one attached hydrogen (secondary N) is 1. The largest absolute Gasteiger partial charge is 0.444 e. The van der Waals surface area contributed by atoms with E-state index in [0.29, 0.717) is 12.2 Å². The van der Waals surface area contributed by atoms with Crippen LogP contribution in [0, 0.1) is 0 Å². The lowest BCUT2D eigenvalue weighted by Gasteiger charge is -2.24. The van der Waals surface area contributed by atoms with Crippen LogP contribution in [0.25, 0.3) is 10.9 Å². The van der Waals surface area contributed by atoms with Crippen LogP contribution in [0.1, 0.15) is 40.0 Å². The van der Waals surface area contributed by atoms with Crippen molar-refractivity contribution in [1.82, 2.24) is 15.3 Å². The first-order chi connectivity index (χ1) is 13.8. The first kappa shape index (κ1) is 19.5. The molecule has 1 atom stereocenters. The minimum absolute atomic E-state index is 0.0267. The Morgan fingerprint density at radius 2 is 1.93 bits per heavy atom. The quantitative estimate of drug-likeness (QED) is 0.767. The summed E-state index contributed by atoms with van der Waals surface area (Å²) in [6, 6.07) is 5.81. The summed E-state index contributed by atoms with van der Waals surface area (Å²) in [5.74, 6) is 1.67. The fraction of sp³-hybridized carbons (Fsp3) is 0.571. The lowest BCUT2D eigenvalue weighted by Crippen LogP contribution is -2.40. The van der Waals surface area contributed by atoms with Crippen molar-refractivity contribution in [3.05, 3.63) is 18.2 Å². The molecular weight excluding hydrogens is 368 g/mol. The molecule has 1 aromatic heterocycles. The number of fused-ring (bicyclic) bond motifs is 1. The zero-order chi connectivity index (χ0) is 20.6. The predicted molar refractivity (Wildman–Crippen MR) is 115 cm³/mol. The molecule has 2 fully saturated rings. The van der Waals surface area contributed by atoms with Crippen LogP contribution in [0.4, 0.5) is 22.2 Å². The van der Waals surface area contributed by atoms with E-state index in [0.717, 1.165) is 48.7 Å². The molecule has 2 saturated heterocycles. The van der Waals surface area contributed by atoms with E-state index in [4.69, 9.17) is 20.4 Å². The zero-order valence-corrected chi connectivity index (χ0v) is 17.4. The number of benzene rings is 1. The Hall–Kier alpha value is -2.77. The molecule has 156 valence electrons. The minimum Gasteiger partial charge on any atom is -0.444 e. The van der Waals surface area contributed by atoms with Crippen molar-refractivity contribution in [3.63, 3.8) is 0 Å². The van der Waals surface area contributed by atoms with Crippen molar-refractivity contribution in [3.8, 4) is 0 Å². The molecule has 2 aliphatic rings. The Labute approximate surface area is 171 Å². The summed E-state index contributed by atoms with van der Waals surface area (Å²) in [5, 5.41) is 3.97. The molecule has 0 aliphatic carbocycles. The smallest absolute Gasteiger partial charge is 0.407 e. The number of carbonyl (C=O) groups excluding carboxylic acids is 1. The number of anilines is 3. The van der Waals surface area contributed by atoms with Gasteiger partial charge in [-0.05, 0) is 58.2 Å². The summed E-state index contributed by atoms with van der Waals surface area (Å²) in [7, 11) is 0. The number of nitrogen functional groups attached to an aromatic ring is 1. The van der Waals surface area contributed by atoms with Gasteiger partial charge in [-0.15, -0.1) is 0 Å². The van der Waals surface area contributed by atoms with Gasteiger partial charge < -0.3 is 25.6 Å². The maximum absolute atomic E-state index is 12.1. The van der Waals surface area contributed by atoms with Crippen molar-refractivity contribution < 1.29 is 9.53 Å². The molecule has 0 unspecified atom stereocenters. The highest BCUT2D eigenvalue weighted by Crippen LogP contribution is 2.31. The first-order valence-corrected chi connectivity index (χ1v) is 10.4. The van der Waals surface area contributed by atoms with Crippen molar-refractivity contribution in [2.45, 2.75) is 51.7 Å². The van der Waals surface area contributed by atoms with E-state index in [1.165, 1.54) is 12.8 Å². The van der Waals surface area contributed by atoms with E-state index >= 15 is 0 Å². The third kappa shape index (κ3) is 4.46. The summed E-state index contributed by atoms with van der Waals surface area (Å²) in [4.78, 5) is 26.3. The van der Waals surface area contributed by atoms with Crippen LogP contribution in [-0.4, -0.2) is 53.9 Å². The maximum atomic E-state index is 12.1. The summed E-state index contributed by atoms with van der Waals surface area (Å²) >= 11 is 0. The van der Waals surface area contributed by atoms with E-state index in [1.807, 2.05) is 39.0 Å². The molecule has 4 rings (SSSR count). The molecule has 1 aromatic carbocycles. The molecule has 0 saturated carbocycles. The molecular formula is C21H30N6O2. The molecule has 3 heterocycles. The van der Waals surface area contributed by atoms with Crippen molar-refractivity contribution >= 4 is 34.4 Å². The van der Waals surface area contributed by atoms with E-state index < -0.39 is 5.60 Å². The number of ether oxygens (including phenoxy) is 1. The number of amides is 1. The lowest BCUT2D eigenvalue weighted by molar-refractivity contribution is 0.0509. The summed E-state index contributed by atoms with van der Waals surface area (Å²) in [5.41, 5.74) is 7.06. The summed E-state index contributed by atoms with van der Waals surface area (Å²) < 4.78 is 5.40. The van der Waals surface area contributed by atoms with Gasteiger partial charge in [0.25, 0.3) is 0 Å². The number of carbonyl (C=O) groups is 1. The molecule has 3 N–H and O–H groups in total. The van der Waals surface area contributed by atoms with Gasteiger partial charge in [0.2, 0.25) is 5.95 Å². The van der Waals surface area contributed by atoms with Crippen LogP contribution in [0.2, 0.25) is 0 Å². The van der Waals surface area contributed by atoms with E-state index in [9.17, 15) is 4.79 Å². The Morgan fingerprint density at radius 3 is 2.66 bits per heavy atom. The Balaban J connectivity index is 1.57. The topological polar surface area (TPSA) is 96.6 Å². The van der Waals surface area contributed by atoms with Crippen LogP contribution in [0.3, 0.4) is 0 Å². The Morgan fingerprint density at radius 1 is 1.17 bits per heavy atom. The van der Waals surface area contributed by atoms with Crippen molar-refractivity contribution in [2.24, 2.45) is 0 Å². The van der Waals surface area contributed by atoms with Gasteiger partial charge in [0.15, 0.2) is 0 Å².